The van der Waals surface area contributed by atoms with Crippen molar-refractivity contribution in [2.75, 3.05) is 0 Å². The van der Waals surface area contributed by atoms with Gasteiger partial charge in [0, 0.05) is 24.0 Å². The van der Waals surface area contributed by atoms with Crippen molar-refractivity contribution in [3.8, 4) is 0 Å². The van der Waals surface area contributed by atoms with Crippen LogP contribution in [0, 0.1) is 0 Å². The molecule has 0 atom stereocenters. The number of aromatic nitrogens is 2. The Bertz CT molecular complexity index is 484. The van der Waals surface area contributed by atoms with E-state index in [-0.39, 0.29) is 5.91 Å². The van der Waals surface area contributed by atoms with Gasteiger partial charge in [-0.25, -0.2) is 0 Å². The van der Waals surface area contributed by atoms with Gasteiger partial charge in [-0.1, -0.05) is 5.16 Å². The van der Waals surface area contributed by atoms with E-state index < -0.39 is 0 Å². The average Bonchev–Trinajstić information content (AvgIpc) is 2.73. The maximum atomic E-state index is 11.6. The normalized spacial score (nSPS) is 10.1. The monoisotopic (exact) mass is 281 g/mol. The summed E-state index contributed by atoms with van der Waals surface area (Å²) in [7, 11) is 0. The van der Waals surface area contributed by atoms with Crippen molar-refractivity contribution < 1.29 is 9.32 Å². The van der Waals surface area contributed by atoms with Gasteiger partial charge in [0.25, 0.3) is 5.91 Å². The molecule has 0 saturated heterocycles. The highest BCUT2D eigenvalue weighted by molar-refractivity contribution is 9.10. The van der Waals surface area contributed by atoms with Gasteiger partial charge in [-0.05, 0) is 28.1 Å². The molecule has 0 spiro atoms. The highest BCUT2D eigenvalue weighted by atomic mass is 79.9. The Balaban J connectivity index is 1.94. The molecule has 1 N–H and O–H groups in total. The molecular weight excluding hydrogens is 274 g/mol. The van der Waals surface area contributed by atoms with Crippen LogP contribution >= 0.6 is 15.9 Å². The Morgan fingerprint density at radius 3 is 2.81 bits per heavy atom. The second-order valence-electron chi connectivity index (χ2n) is 3.03. The van der Waals surface area contributed by atoms with E-state index in [2.05, 4.69) is 31.4 Å². The minimum absolute atomic E-state index is 0.171. The van der Waals surface area contributed by atoms with Gasteiger partial charge in [0.05, 0.1) is 6.54 Å². The van der Waals surface area contributed by atoms with E-state index in [9.17, 15) is 4.79 Å². The number of hydrogen-bond donors (Lipinski definition) is 1. The number of carbonyl (C=O) groups is 1. The number of halogens is 1. The smallest absolute Gasteiger partial charge is 0.251 e. The van der Waals surface area contributed by atoms with Crippen LogP contribution in [0.15, 0.2) is 39.7 Å². The van der Waals surface area contributed by atoms with E-state index in [4.69, 9.17) is 4.52 Å². The Kier molecular flexibility index (Phi) is 3.31. The van der Waals surface area contributed by atoms with Gasteiger partial charge in [0.15, 0.2) is 5.76 Å². The molecule has 2 aromatic rings. The van der Waals surface area contributed by atoms with Gasteiger partial charge >= 0.3 is 0 Å². The Morgan fingerprint density at radius 1 is 1.44 bits per heavy atom. The number of nitrogens with zero attached hydrogens (tertiary/aromatic N) is 2. The Morgan fingerprint density at radius 2 is 2.19 bits per heavy atom. The minimum atomic E-state index is -0.171. The molecule has 0 aliphatic heterocycles. The zero-order valence-electron chi connectivity index (χ0n) is 8.18. The summed E-state index contributed by atoms with van der Waals surface area (Å²) in [6, 6.07) is 4.99. The van der Waals surface area contributed by atoms with Gasteiger partial charge < -0.3 is 9.84 Å². The van der Waals surface area contributed by atoms with Crippen molar-refractivity contribution in [2.45, 2.75) is 6.54 Å². The first kappa shape index (κ1) is 10.8. The first-order valence-corrected chi connectivity index (χ1v) is 5.34. The number of rotatable bonds is 3. The third kappa shape index (κ3) is 2.66. The standard InChI is InChI=1S/C10H8BrN3O2/c11-9-5-8(16-14-9)6-13-10(15)7-1-3-12-4-2-7/h1-5H,6H2,(H,13,15). The second-order valence-corrected chi connectivity index (χ2v) is 3.85. The van der Waals surface area contributed by atoms with Crippen molar-refractivity contribution in [3.05, 3.63) is 46.5 Å². The van der Waals surface area contributed by atoms with E-state index in [1.54, 1.807) is 30.6 Å². The van der Waals surface area contributed by atoms with Gasteiger partial charge in [0.1, 0.15) is 4.60 Å². The number of pyridine rings is 1. The first-order valence-electron chi connectivity index (χ1n) is 4.55. The largest absolute Gasteiger partial charge is 0.358 e. The quantitative estimate of drug-likeness (QED) is 0.931. The van der Waals surface area contributed by atoms with E-state index in [1.165, 1.54) is 0 Å². The molecule has 0 aliphatic rings. The number of amides is 1. The van der Waals surface area contributed by atoms with Crippen molar-refractivity contribution in [3.63, 3.8) is 0 Å². The maximum absolute atomic E-state index is 11.6. The molecule has 0 aromatic carbocycles. The van der Waals surface area contributed by atoms with Crippen LogP contribution in [-0.2, 0) is 6.54 Å². The zero-order valence-corrected chi connectivity index (χ0v) is 9.77. The lowest BCUT2D eigenvalue weighted by molar-refractivity contribution is 0.0947. The van der Waals surface area contributed by atoms with Crippen LogP contribution in [0.3, 0.4) is 0 Å². The molecule has 2 heterocycles. The van der Waals surface area contributed by atoms with Crippen LogP contribution in [0.1, 0.15) is 16.1 Å². The van der Waals surface area contributed by atoms with E-state index in [1.807, 2.05) is 0 Å². The minimum Gasteiger partial charge on any atom is -0.358 e. The highest BCUT2D eigenvalue weighted by Gasteiger charge is 2.06. The molecule has 2 rings (SSSR count). The molecule has 16 heavy (non-hydrogen) atoms. The number of nitrogens with one attached hydrogen (secondary N) is 1. The van der Waals surface area contributed by atoms with Crippen molar-refractivity contribution >= 4 is 21.8 Å². The maximum Gasteiger partial charge on any atom is 0.251 e. The summed E-state index contributed by atoms with van der Waals surface area (Å²) >= 11 is 3.16. The highest BCUT2D eigenvalue weighted by Crippen LogP contribution is 2.09. The van der Waals surface area contributed by atoms with Crippen LogP contribution in [0.4, 0.5) is 0 Å². The molecule has 1 amide bonds. The molecule has 0 saturated carbocycles. The number of carbonyl (C=O) groups excluding carboxylic acids is 1. The van der Waals surface area contributed by atoms with E-state index >= 15 is 0 Å². The van der Waals surface area contributed by atoms with Crippen LogP contribution in [-0.4, -0.2) is 16.0 Å². The van der Waals surface area contributed by atoms with Gasteiger partial charge in [-0.2, -0.15) is 0 Å². The summed E-state index contributed by atoms with van der Waals surface area (Å²) in [5, 5.41) is 6.35. The SMILES string of the molecule is O=C(NCc1cc(Br)no1)c1ccncc1. The molecule has 0 aliphatic carbocycles. The van der Waals surface area contributed by atoms with Crippen molar-refractivity contribution in [1.29, 1.82) is 0 Å². The fourth-order valence-corrected chi connectivity index (χ4v) is 1.47. The van der Waals surface area contributed by atoms with Crippen LogP contribution < -0.4 is 5.32 Å². The predicted molar refractivity (Wildman–Crippen MR) is 59.6 cm³/mol. The summed E-state index contributed by atoms with van der Waals surface area (Å²) in [5.74, 6) is 0.421. The van der Waals surface area contributed by atoms with Crippen molar-refractivity contribution in [2.24, 2.45) is 0 Å². The van der Waals surface area contributed by atoms with Gasteiger partial charge in [0.2, 0.25) is 0 Å². The summed E-state index contributed by atoms with van der Waals surface area (Å²) in [4.78, 5) is 15.4. The summed E-state index contributed by atoms with van der Waals surface area (Å²) < 4.78 is 5.54. The van der Waals surface area contributed by atoms with E-state index in [0.29, 0.717) is 22.5 Å². The summed E-state index contributed by atoms with van der Waals surface area (Å²) in [5.41, 5.74) is 0.564. The van der Waals surface area contributed by atoms with Gasteiger partial charge in [-0.3, -0.25) is 9.78 Å². The van der Waals surface area contributed by atoms with Gasteiger partial charge in [-0.15, -0.1) is 0 Å². The first-order chi connectivity index (χ1) is 7.75. The fraction of sp³-hybridized carbons (Fsp3) is 0.100. The topological polar surface area (TPSA) is 68.0 Å². The third-order valence-corrected chi connectivity index (χ3v) is 2.27. The van der Waals surface area contributed by atoms with Crippen molar-refractivity contribution in [1.82, 2.24) is 15.5 Å². The van der Waals surface area contributed by atoms with E-state index in [0.717, 1.165) is 0 Å². The predicted octanol–water partition coefficient (Wildman–Crippen LogP) is 1.76. The fourth-order valence-electron chi connectivity index (χ4n) is 1.14. The molecular formula is C10H8BrN3O2. The molecule has 0 unspecified atom stereocenters. The lowest BCUT2D eigenvalue weighted by atomic mass is 10.2. The molecule has 2 aromatic heterocycles. The average molecular weight is 282 g/mol. The lowest BCUT2D eigenvalue weighted by Gasteiger charge is -2.01. The third-order valence-electron chi connectivity index (χ3n) is 1.90. The van der Waals surface area contributed by atoms with Crippen LogP contribution in [0.25, 0.3) is 0 Å². The molecule has 0 fully saturated rings. The summed E-state index contributed by atoms with van der Waals surface area (Å²) in [6.07, 6.45) is 3.14. The molecule has 0 radical (unpaired) electrons. The zero-order chi connectivity index (χ0) is 11.4. The van der Waals surface area contributed by atoms with Crippen LogP contribution in [0.2, 0.25) is 0 Å². The summed E-state index contributed by atoms with van der Waals surface area (Å²) in [6.45, 7) is 0.305. The Hall–Kier alpha value is -1.69. The Labute approximate surface area is 100.0 Å². The lowest BCUT2D eigenvalue weighted by Crippen LogP contribution is -2.22. The molecule has 6 heteroatoms. The van der Waals surface area contributed by atoms with Crippen LogP contribution in [0.5, 0.6) is 0 Å². The number of hydrogen-bond acceptors (Lipinski definition) is 4. The molecule has 82 valence electrons. The second kappa shape index (κ2) is 4.89. The molecule has 5 nitrogen and oxygen atoms in total. The molecule has 0 bridgehead atoms.